The molecule has 5 heterocycles. The molecule has 0 bridgehead atoms. The molecule has 0 spiro atoms. The smallest absolute Gasteiger partial charge is 0.231 e. The van der Waals surface area contributed by atoms with Gasteiger partial charge < -0.3 is 24.7 Å². The van der Waals surface area contributed by atoms with Crippen molar-refractivity contribution < 1.29 is 13.9 Å². The van der Waals surface area contributed by atoms with Crippen molar-refractivity contribution in [1.29, 1.82) is 0 Å². The zero-order chi connectivity index (χ0) is 21.5. The molecule has 0 aliphatic carbocycles. The van der Waals surface area contributed by atoms with E-state index in [4.69, 9.17) is 9.15 Å². The predicted molar refractivity (Wildman–Crippen MR) is 120 cm³/mol. The van der Waals surface area contributed by atoms with Crippen LogP contribution in [0.1, 0.15) is 12.8 Å². The van der Waals surface area contributed by atoms with Crippen LogP contribution in [0.15, 0.2) is 47.0 Å². The van der Waals surface area contributed by atoms with E-state index in [1.165, 1.54) is 5.69 Å². The fourth-order valence-electron chi connectivity index (χ4n) is 4.44. The average Bonchev–Trinajstić information content (AvgIpc) is 3.55. The number of imidazole rings is 1. The minimum absolute atomic E-state index is 0.0287. The van der Waals surface area contributed by atoms with Crippen LogP contribution in [0.3, 0.4) is 0 Å². The van der Waals surface area contributed by atoms with Gasteiger partial charge in [0.25, 0.3) is 0 Å². The Morgan fingerprint density at radius 2 is 2.09 bits per heavy atom. The Morgan fingerprint density at radius 3 is 2.94 bits per heavy atom. The number of amides is 1. The first-order valence-electron chi connectivity index (χ1n) is 11.0. The molecular weight excluding hydrogens is 408 g/mol. The second kappa shape index (κ2) is 7.83. The molecule has 1 amide bonds. The van der Waals surface area contributed by atoms with Gasteiger partial charge in [0.1, 0.15) is 17.9 Å². The minimum Gasteiger partial charge on any atom is -0.474 e. The van der Waals surface area contributed by atoms with Gasteiger partial charge in [0, 0.05) is 49.7 Å². The third-order valence-corrected chi connectivity index (χ3v) is 6.10. The molecule has 0 saturated carbocycles. The van der Waals surface area contributed by atoms with Crippen molar-refractivity contribution >= 4 is 28.2 Å². The molecule has 1 aromatic carbocycles. The molecule has 164 valence electrons. The molecule has 1 atom stereocenters. The Bertz CT molecular complexity index is 1290. The molecule has 4 aromatic rings. The Labute approximate surface area is 184 Å². The topological polar surface area (TPSA) is 96.9 Å². The summed E-state index contributed by atoms with van der Waals surface area (Å²) in [6, 6.07) is 11.9. The quantitative estimate of drug-likeness (QED) is 0.499. The highest BCUT2D eigenvalue weighted by Crippen LogP contribution is 2.34. The van der Waals surface area contributed by atoms with Gasteiger partial charge in [-0.2, -0.15) is 0 Å². The third-order valence-electron chi connectivity index (χ3n) is 6.10. The minimum atomic E-state index is 0.0287. The monoisotopic (exact) mass is 432 g/mol. The van der Waals surface area contributed by atoms with Gasteiger partial charge in [0.15, 0.2) is 11.4 Å². The van der Waals surface area contributed by atoms with Gasteiger partial charge >= 0.3 is 0 Å². The number of hydrogen-bond donors (Lipinski definition) is 2. The summed E-state index contributed by atoms with van der Waals surface area (Å²) < 4.78 is 13.8. The van der Waals surface area contributed by atoms with E-state index in [0.29, 0.717) is 30.3 Å². The molecule has 6 rings (SSSR count). The van der Waals surface area contributed by atoms with E-state index >= 15 is 0 Å². The maximum absolute atomic E-state index is 11.4. The van der Waals surface area contributed by atoms with E-state index in [-0.39, 0.29) is 11.9 Å². The normalized spacial score (nSPS) is 19.1. The van der Waals surface area contributed by atoms with E-state index in [9.17, 15) is 4.79 Å². The summed E-state index contributed by atoms with van der Waals surface area (Å²) in [5.74, 6) is 1.27. The predicted octanol–water partition coefficient (Wildman–Crippen LogP) is 2.21. The lowest BCUT2D eigenvalue weighted by molar-refractivity contribution is -0.119. The van der Waals surface area contributed by atoms with Crippen LogP contribution >= 0.6 is 0 Å². The van der Waals surface area contributed by atoms with Crippen molar-refractivity contribution in [3.63, 3.8) is 0 Å². The van der Waals surface area contributed by atoms with Crippen molar-refractivity contribution in [2.75, 3.05) is 37.7 Å². The van der Waals surface area contributed by atoms with Crippen molar-refractivity contribution in [2.45, 2.75) is 18.9 Å². The Hall–Kier alpha value is -3.59. The van der Waals surface area contributed by atoms with Gasteiger partial charge in [-0.3, -0.25) is 4.79 Å². The molecule has 2 aliphatic rings. The number of fused-ring (bicyclic) bond motifs is 2. The summed E-state index contributed by atoms with van der Waals surface area (Å²) in [6.45, 7) is 4.29. The summed E-state index contributed by atoms with van der Waals surface area (Å²) in [5.41, 5.74) is 3.50. The number of nitrogens with one attached hydrogen (secondary N) is 2. The second-order valence-corrected chi connectivity index (χ2v) is 8.24. The van der Waals surface area contributed by atoms with Crippen LogP contribution < -0.4 is 20.3 Å². The highest BCUT2D eigenvalue weighted by atomic mass is 16.5. The first-order chi connectivity index (χ1) is 15.7. The number of benzene rings is 1. The first-order valence-corrected chi connectivity index (χ1v) is 11.0. The van der Waals surface area contributed by atoms with Crippen LogP contribution in [-0.4, -0.2) is 59.3 Å². The highest BCUT2D eigenvalue weighted by Gasteiger charge is 2.22. The summed E-state index contributed by atoms with van der Waals surface area (Å²) in [7, 11) is 0. The van der Waals surface area contributed by atoms with Gasteiger partial charge in [-0.25, -0.2) is 9.50 Å². The number of furan rings is 1. The SMILES string of the molecule is O=C1CC[C@@H](COc2ccc3ncc(-c4cc5c(N6CCNCC6)cccc5o4)n3n2)N1. The lowest BCUT2D eigenvalue weighted by atomic mass is 10.1. The van der Waals surface area contributed by atoms with Crippen LogP contribution in [0.2, 0.25) is 0 Å². The summed E-state index contributed by atoms with van der Waals surface area (Å²) in [6.07, 6.45) is 3.10. The summed E-state index contributed by atoms with van der Waals surface area (Å²) in [5, 5.41) is 12.0. The molecule has 9 nitrogen and oxygen atoms in total. The molecule has 3 aromatic heterocycles. The molecule has 0 radical (unpaired) electrons. The zero-order valence-corrected chi connectivity index (χ0v) is 17.6. The number of carbonyl (C=O) groups is 1. The molecule has 2 aliphatic heterocycles. The second-order valence-electron chi connectivity index (χ2n) is 8.24. The van der Waals surface area contributed by atoms with Crippen LogP contribution in [0.5, 0.6) is 5.88 Å². The first kappa shape index (κ1) is 19.1. The third kappa shape index (κ3) is 3.44. The van der Waals surface area contributed by atoms with E-state index in [1.54, 1.807) is 16.8 Å². The molecule has 2 fully saturated rings. The number of anilines is 1. The number of piperazine rings is 1. The average molecular weight is 432 g/mol. The molecule has 9 heteroatoms. The van der Waals surface area contributed by atoms with Crippen molar-refractivity contribution in [1.82, 2.24) is 25.2 Å². The number of nitrogens with zero attached hydrogens (tertiary/aromatic N) is 4. The van der Waals surface area contributed by atoms with Crippen molar-refractivity contribution in [3.8, 4) is 17.3 Å². The van der Waals surface area contributed by atoms with Gasteiger partial charge in [0.2, 0.25) is 11.8 Å². The molecule has 0 unspecified atom stereocenters. The van der Waals surface area contributed by atoms with Crippen LogP contribution in [0, 0.1) is 0 Å². The lowest BCUT2D eigenvalue weighted by Gasteiger charge is -2.29. The molecule has 2 N–H and O–H groups in total. The number of rotatable bonds is 5. The van der Waals surface area contributed by atoms with E-state index in [1.807, 2.05) is 18.2 Å². The molecular formula is C23H24N6O3. The van der Waals surface area contributed by atoms with Crippen LogP contribution in [0.25, 0.3) is 28.1 Å². The number of carbonyl (C=O) groups excluding carboxylic acids is 1. The standard InChI is InChI=1S/C23H24N6O3/c30-22-6-4-15(26-22)14-31-23-7-5-21-25-13-18(29(21)27-23)20-12-16-17(2-1-3-19(16)32-20)28-10-8-24-9-11-28/h1-3,5,7,12-13,15,24H,4,6,8-11,14H2,(H,26,30)/t15-/m0/s1. The number of hydrogen-bond acceptors (Lipinski definition) is 7. The molecule has 32 heavy (non-hydrogen) atoms. The number of aromatic nitrogens is 3. The van der Waals surface area contributed by atoms with E-state index in [0.717, 1.165) is 49.3 Å². The highest BCUT2D eigenvalue weighted by molar-refractivity contribution is 5.94. The molecule has 2 saturated heterocycles. The fourth-order valence-corrected chi connectivity index (χ4v) is 4.44. The fraction of sp³-hybridized carbons (Fsp3) is 0.348. The number of ether oxygens (including phenoxy) is 1. The Balaban J connectivity index is 1.32. The zero-order valence-electron chi connectivity index (χ0n) is 17.6. The van der Waals surface area contributed by atoms with Gasteiger partial charge in [-0.05, 0) is 30.7 Å². The Morgan fingerprint density at radius 1 is 1.19 bits per heavy atom. The van der Waals surface area contributed by atoms with Gasteiger partial charge in [0.05, 0.1) is 12.2 Å². The maximum atomic E-state index is 11.4. The van der Waals surface area contributed by atoms with E-state index < -0.39 is 0 Å². The summed E-state index contributed by atoms with van der Waals surface area (Å²) >= 11 is 0. The largest absolute Gasteiger partial charge is 0.474 e. The van der Waals surface area contributed by atoms with Gasteiger partial charge in [-0.1, -0.05) is 6.07 Å². The summed E-state index contributed by atoms with van der Waals surface area (Å²) in [4.78, 5) is 18.3. The van der Waals surface area contributed by atoms with E-state index in [2.05, 4.69) is 37.7 Å². The van der Waals surface area contributed by atoms with Crippen molar-refractivity contribution in [2.24, 2.45) is 0 Å². The van der Waals surface area contributed by atoms with Gasteiger partial charge in [-0.15, -0.1) is 5.10 Å². The van der Waals surface area contributed by atoms with Crippen molar-refractivity contribution in [3.05, 3.63) is 42.6 Å². The van der Waals surface area contributed by atoms with Crippen LogP contribution in [-0.2, 0) is 4.79 Å². The van der Waals surface area contributed by atoms with Crippen LogP contribution in [0.4, 0.5) is 5.69 Å². The maximum Gasteiger partial charge on any atom is 0.231 e. The Kier molecular flexibility index (Phi) is 4.68. The lowest BCUT2D eigenvalue weighted by Crippen LogP contribution is -2.43.